The van der Waals surface area contributed by atoms with Crippen molar-refractivity contribution in [3.63, 3.8) is 0 Å². The number of ether oxygens (including phenoxy) is 3. The van der Waals surface area contributed by atoms with E-state index in [9.17, 15) is 4.79 Å². The first-order valence-corrected chi connectivity index (χ1v) is 11.0. The molecular weight excluding hydrogens is 392 g/mol. The van der Waals surface area contributed by atoms with Crippen LogP contribution in [0.2, 0.25) is 0 Å². The van der Waals surface area contributed by atoms with Gasteiger partial charge in [0.25, 0.3) is 5.91 Å². The maximum atomic E-state index is 12.9. The standard InChI is InChI=1S/C25H28N2O4/c1-15-3-6-18(26-25(28)17-5-8-23-24(12-17)31-10-9-30-23)13-20(15)22-11-16-4-7-19(29-2)14-21(16)27-22/h4-5,7-8,11-12,14-15,18,20,27H,3,6,9-10,13H2,1-2H3,(H,26,28)/t15?,18?,20-/m0/s1. The number of benzene rings is 2. The monoisotopic (exact) mass is 420 g/mol. The molecule has 0 radical (unpaired) electrons. The van der Waals surface area contributed by atoms with E-state index < -0.39 is 0 Å². The molecular formula is C25H28N2O4. The van der Waals surface area contributed by atoms with Crippen LogP contribution < -0.4 is 19.5 Å². The van der Waals surface area contributed by atoms with Gasteiger partial charge < -0.3 is 24.5 Å². The number of aromatic amines is 1. The van der Waals surface area contributed by atoms with Crippen molar-refractivity contribution in [1.82, 2.24) is 10.3 Å². The molecule has 6 nitrogen and oxygen atoms in total. The molecule has 2 heterocycles. The molecule has 31 heavy (non-hydrogen) atoms. The minimum atomic E-state index is -0.0586. The molecule has 1 aliphatic heterocycles. The van der Waals surface area contributed by atoms with Crippen molar-refractivity contribution < 1.29 is 19.0 Å². The quantitative estimate of drug-likeness (QED) is 0.644. The van der Waals surface area contributed by atoms with Gasteiger partial charge in [0.1, 0.15) is 19.0 Å². The fourth-order valence-electron chi connectivity index (χ4n) is 4.80. The second-order valence-electron chi connectivity index (χ2n) is 8.60. The number of carbonyl (C=O) groups is 1. The molecule has 0 saturated heterocycles. The molecule has 1 aromatic heterocycles. The Hall–Kier alpha value is -3.15. The molecule has 3 aromatic rings. The summed E-state index contributed by atoms with van der Waals surface area (Å²) in [6.45, 7) is 3.35. The summed E-state index contributed by atoms with van der Waals surface area (Å²) in [6, 6.07) is 13.9. The van der Waals surface area contributed by atoms with Crippen LogP contribution in [-0.4, -0.2) is 37.3 Å². The maximum Gasteiger partial charge on any atom is 0.251 e. The van der Waals surface area contributed by atoms with Crippen LogP contribution in [0.3, 0.4) is 0 Å². The van der Waals surface area contributed by atoms with Gasteiger partial charge in [-0.2, -0.15) is 0 Å². The van der Waals surface area contributed by atoms with Gasteiger partial charge in [-0.05, 0) is 67.0 Å². The molecule has 162 valence electrons. The molecule has 1 saturated carbocycles. The molecule has 1 amide bonds. The van der Waals surface area contributed by atoms with Crippen LogP contribution >= 0.6 is 0 Å². The number of rotatable bonds is 4. The predicted molar refractivity (Wildman–Crippen MR) is 119 cm³/mol. The zero-order valence-electron chi connectivity index (χ0n) is 17.9. The number of hydrogen-bond donors (Lipinski definition) is 2. The van der Waals surface area contributed by atoms with Crippen molar-refractivity contribution in [2.75, 3.05) is 20.3 Å². The summed E-state index contributed by atoms with van der Waals surface area (Å²) >= 11 is 0. The zero-order valence-corrected chi connectivity index (χ0v) is 17.9. The fraction of sp³-hybridized carbons (Fsp3) is 0.400. The van der Waals surface area contributed by atoms with Crippen LogP contribution in [-0.2, 0) is 0 Å². The van der Waals surface area contributed by atoms with Crippen LogP contribution in [0, 0.1) is 5.92 Å². The molecule has 0 bridgehead atoms. The van der Waals surface area contributed by atoms with Crippen LogP contribution in [0.5, 0.6) is 17.2 Å². The third-order valence-electron chi connectivity index (χ3n) is 6.59. The minimum absolute atomic E-state index is 0.0586. The first-order chi connectivity index (χ1) is 15.1. The van der Waals surface area contributed by atoms with Gasteiger partial charge in [-0.15, -0.1) is 0 Å². The highest BCUT2D eigenvalue weighted by atomic mass is 16.6. The number of nitrogens with one attached hydrogen (secondary N) is 2. The van der Waals surface area contributed by atoms with Crippen LogP contribution in [0.1, 0.15) is 48.2 Å². The van der Waals surface area contributed by atoms with Crippen molar-refractivity contribution in [2.45, 2.75) is 38.1 Å². The number of carbonyl (C=O) groups excluding carboxylic acids is 1. The van der Waals surface area contributed by atoms with Crippen molar-refractivity contribution in [3.8, 4) is 17.2 Å². The summed E-state index contributed by atoms with van der Waals surface area (Å²) in [5.74, 6) is 3.06. The molecule has 5 rings (SSSR count). The average Bonchev–Trinajstić information content (AvgIpc) is 3.23. The lowest BCUT2D eigenvalue weighted by Crippen LogP contribution is -2.40. The number of aromatic nitrogens is 1. The molecule has 2 unspecified atom stereocenters. The smallest absolute Gasteiger partial charge is 0.251 e. The lowest BCUT2D eigenvalue weighted by Gasteiger charge is -2.34. The van der Waals surface area contributed by atoms with Crippen LogP contribution in [0.15, 0.2) is 42.5 Å². The summed E-state index contributed by atoms with van der Waals surface area (Å²) in [5.41, 5.74) is 2.93. The van der Waals surface area contributed by atoms with Gasteiger partial charge in [-0.1, -0.05) is 6.92 Å². The van der Waals surface area contributed by atoms with E-state index in [2.05, 4.69) is 29.4 Å². The number of methoxy groups -OCH3 is 1. The molecule has 2 N–H and O–H groups in total. The SMILES string of the molecule is COc1ccc2cc([C@H]3CC(NC(=O)c4ccc5c(c4)OCCO5)CCC3C)[nH]c2c1. The molecule has 1 aliphatic carbocycles. The molecule has 1 fully saturated rings. The van der Waals surface area contributed by atoms with Crippen LogP contribution in [0.25, 0.3) is 10.9 Å². The topological polar surface area (TPSA) is 72.6 Å². The van der Waals surface area contributed by atoms with Crippen molar-refractivity contribution in [3.05, 3.63) is 53.7 Å². The normalized spacial score (nSPS) is 22.8. The van der Waals surface area contributed by atoms with E-state index in [0.717, 1.165) is 30.5 Å². The first-order valence-electron chi connectivity index (χ1n) is 11.0. The largest absolute Gasteiger partial charge is 0.497 e. The summed E-state index contributed by atoms with van der Waals surface area (Å²) in [6.07, 6.45) is 2.98. The highest BCUT2D eigenvalue weighted by Crippen LogP contribution is 2.39. The Balaban J connectivity index is 1.31. The van der Waals surface area contributed by atoms with Gasteiger partial charge in [0.15, 0.2) is 11.5 Å². The third kappa shape index (κ3) is 3.94. The van der Waals surface area contributed by atoms with E-state index in [4.69, 9.17) is 14.2 Å². The van der Waals surface area contributed by atoms with Gasteiger partial charge in [-0.25, -0.2) is 0 Å². The number of fused-ring (bicyclic) bond motifs is 2. The summed E-state index contributed by atoms with van der Waals surface area (Å²) in [7, 11) is 1.68. The van der Waals surface area contributed by atoms with E-state index in [1.807, 2.05) is 18.2 Å². The van der Waals surface area contributed by atoms with Crippen molar-refractivity contribution in [1.29, 1.82) is 0 Å². The molecule has 0 spiro atoms. The summed E-state index contributed by atoms with van der Waals surface area (Å²) in [4.78, 5) is 16.5. The number of H-pyrrole nitrogens is 1. The highest BCUT2D eigenvalue weighted by molar-refractivity contribution is 5.95. The van der Waals surface area contributed by atoms with E-state index in [0.29, 0.717) is 42.1 Å². The second kappa shape index (κ2) is 8.17. The van der Waals surface area contributed by atoms with E-state index in [1.165, 1.54) is 11.1 Å². The third-order valence-corrected chi connectivity index (χ3v) is 6.59. The first kappa shape index (κ1) is 19.8. The van der Waals surface area contributed by atoms with E-state index in [-0.39, 0.29) is 11.9 Å². The molecule has 2 aliphatic rings. The Morgan fingerprint density at radius 3 is 2.74 bits per heavy atom. The van der Waals surface area contributed by atoms with Crippen LogP contribution in [0.4, 0.5) is 0 Å². The lowest BCUT2D eigenvalue weighted by atomic mass is 9.76. The Morgan fingerprint density at radius 2 is 1.90 bits per heavy atom. The van der Waals surface area contributed by atoms with E-state index >= 15 is 0 Å². The number of hydrogen-bond acceptors (Lipinski definition) is 4. The zero-order chi connectivity index (χ0) is 21.4. The Bertz CT molecular complexity index is 1110. The minimum Gasteiger partial charge on any atom is -0.497 e. The van der Waals surface area contributed by atoms with Gasteiger partial charge >= 0.3 is 0 Å². The molecule has 3 atom stereocenters. The van der Waals surface area contributed by atoms with Gasteiger partial charge in [-0.3, -0.25) is 4.79 Å². The van der Waals surface area contributed by atoms with Gasteiger partial charge in [0.2, 0.25) is 0 Å². The maximum absolute atomic E-state index is 12.9. The van der Waals surface area contributed by atoms with Gasteiger partial charge in [0.05, 0.1) is 7.11 Å². The van der Waals surface area contributed by atoms with Crippen molar-refractivity contribution in [2.24, 2.45) is 5.92 Å². The Morgan fingerprint density at radius 1 is 1.06 bits per heavy atom. The summed E-state index contributed by atoms with van der Waals surface area (Å²) < 4.78 is 16.5. The molecule has 2 aromatic carbocycles. The average molecular weight is 421 g/mol. The Labute approximate surface area is 181 Å². The van der Waals surface area contributed by atoms with E-state index in [1.54, 1.807) is 19.2 Å². The molecule has 6 heteroatoms. The van der Waals surface area contributed by atoms with Crippen molar-refractivity contribution >= 4 is 16.8 Å². The second-order valence-corrected chi connectivity index (χ2v) is 8.60. The Kier molecular flexibility index (Phi) is 5.22. The fourth-order valence-corrected chi connectivity index (χ4v) is 4.80. The lowest BCUT2D eigenvalue weighted by molar-refractivity contribution is 0.0916. The summed E-state index contributed by atoms with van der Waals surface area (Å²) in [5, 5.41) is 4.43. The highest BCUT2D eigenvalue weighted by Gasteiger charge is 2.31. The predicted octanol–water partition coefficient (Wildman–Crippen LogP) is 4.65. The number of amides is 1. The van der Waals surface area contributed by atoms with Gasteiger partial charge in [0, 0.05) is 34.8 Å².